The number of hydrogen-bond donors (Lipinski definition) is 0. The first kappa shape index (κ1) is 12.4. The van der Waals surface area contributed by atoms with Crippen LogP contribution in [-0.4, -0.2) is 23.3 Å². The first-order chi connectivity index (χ1) is 6.92. The largest absolute Gasteiger partial charge is 0.360 e. The Kier molecular flexibility index (Phi) is 4.03. The van der Waals surface area contributed by atoms with Crippen molar-refractivity contribution in [2.24, 2.45) is 0 Å². The summed E-state index contributed by atoms with van der Waals surface area (Å²) in [4.78, 5) is 7.80. The number of rotatable bonds is 3. The lowest BCUT2D eigenvalue weighted by Gasteiger charge is -2.19. The topological polar surface area (TPSA) is 16.1 Å². The van der Waals surface area contributed by atoms with Gasteiger partial charge in [-0.3, -0.25) is 0 Å². The van der Waals surface area contributed by atoms with E-state index in [4.69, 9.17) is 0 Å². The van der Waals surface area contributed by atoms with Gasteiger partial charge in [-0.15, -0.1) is 11.8 Å². The zero-order valence-corrected chi connectivity index (χ0v) is 11.1. The van der Waals surface area contributed by atoms with Crippen molar-refractivity contribution in [3.05, 3.63) is 18.3 Å². The van der Waals surface area contributed by atoms with Gasteiger partial charge in [0.1, 0.15) is 5.82 Å². The van der Waals surface area contributed by atoms with E-state index in [-0.39, 0.29) is 4.75 Å². The highest BCUT2D eigenvalue weighted by Crippen LogP contribution is 2.31. The summed E-state index contributed by atoms with van der Waals surface area (Å²) in [6.07, 6.45) is 1.96. The highest BCUT2D eigenvalue weighted by molar-refractivity contribution is 8.00. The summed E-state index contributed by atoms with van der Waals surface area (Å²) < 4.78 is 0.250. The second-order valence-electron chi connectivity index (χ2n) is 4.58. The fraction of sp³-hybridized carbons (Fsp3) is 0.583. The van der Waals surface area contributed by atoms with Crippen molar-refractivity contribution in [3.63, 3.8) is 0 Å². The molecule has 0 bridgehead atoms. The van der Waals surface area contributed by atoms with Gasteiger partial charge in [-0.05, 0) is 19.1 Å². The van der Waals surface area contributed by atoms with E-state index in [0.717, 1.165) is 12.4 Å². The Bertz CT molecular complexity index is 300. The molecule has 84 valence electrons. The summed E-state index contributed by atoms with van der Waals surface area (Å²) in [5.74, 6) is 1.04. The summed E-state index contributed by atoms with van der Waals surface area (Å²) in [5.41, 5.74) is 0. The molecule has 0 radical (unpaired) electrons. The van der Waals surface area contributed by atoms with E-state index in [2.05, 4.69) is 56.8 Å². The van der Waals surface area contributed by atoms with Crippen LogP contribution >= 0.6 is 11.8 Å². The van der Waals surface area contributed by atoms with Crippen molar-refractivity contribution in [2.45, 2.75) is 37.3 Å². The van der Waals surface area contributed by atoms with E-state index in [1.807, 2.05) is 18.0 Å². The molecule has 1 aromatic rings. The molecule has 15 heavy (non-hydrogen) atoms. The van der Waals surface area contributed by atoms with E-state index in [0.29, 0.717) is 0 Å². The Morgan fingerprint density at radius 1 is 1.33 bits per heavy atom. The lowest BCUT2D eigenvalue weighted by Crippen LogP contribution is -2.16. The fourth-order valence-electron chi connectivity index (χ4n) is 1.17. The molecule has 0 atom stereocenters. The first-order valence-electron chi connectivity index (χ1n) is 5.28. The third-order valence-electron chi connectivity index (χ3n) is 2.01. The summed E-state index contributed by atoms with van der Waals surface area (Å²) >= 11 is 1.85. The molecule has 0 N–H and O–H groups in total. The maximum absolute atomic E-state index is 4.44. The van der Waals surface area contributed by atoms with Crippen molar-refractivity contribution < 1.29 is 0 Å². The summed E-state index contributed by atoms with van der Waals surface area (Å²) in [7, 11) is 2.05. The SMILES string of the molecule is CCN(C)c1ccc(SC(C)(C)C)cn1. The molecule has 0 spiro atoms. The molecule has 1 aromatic heterocycles. The smallest absolute Gasteiger partial charge is 0.128 e. The predicted molar refractivity (Wildman–Crippen MR) is 68.8 cm³/mol. The molecular formula is C12H20N2S. The van der Waals surface area contributed by atoms with Crippen LogP contribution in [0.4, 0.5) is 5.82 Å². The Hall–Kier alpha value is -0.700. The van der Waals surface area contributed by atoms with Crippen molar-refractivity contribution in [3.8, 4) is 0 Å². The van der Waals surface area contributed by atoms with Gasteiger partial charge in [0.2, 0.25) is 0 Å². The molecule has 0 aliphatic carbocycles. The minimum absolute atomic E-state index is 0.250. The number of anilines is 1. The van der Waals surface area contributed by atoms with E-state index >= 15 is 0 Å². The molecule has 0 unspecified atom stereocenters. The zero-order valence-electron chi connectivity index (χ0n) is 10.2. The number of aromatic nitrogens is 1. The monoisotopic (exact) mass is 224 g/mol. The first-order valence-corrected chi connectivity index (χ1v) is 6.10. The maximum atomic E-state index is 4.44. The minimum atomic E-state index is 0.250. The summed E-state index contributed by atoms with van der Waals surface area (Å²) in [5, 5.41) is 0. The van der Waals surface area contributed by atoms with Crippen LogP contribution in [0.15, 0.2) is 23.2 Å². The lowest BCUT2D eigenvalue weighted by atomic mass is 10.3. The standard InChI is InChI=1S/C12H20N2S/c1-6-14(5)11-8-7-10(9-13-11)15-12(2,3)4/h7-9H,6H2,1-5H3. The van der Waals surface area contributed by atoms with E-state index in [1.165, 1.54) is 4.90 Å². The molecule has 0 fully saturated rings. The van der Waals surface area contributed by atoms with Crippen LogP contribution in [-0.2, 0) is 0 Å². The van der Waals surface area contributed by atoms with E-state index in [1.54, 1.807) is 0 Å². The van der Waals surface area contributed by atoms with Gasteiger partial charge in [0.25, 0.3) is 0 Å². The molecular weight excluding hydrogens is 204 g/mol. The van der Waals surface area contributed by atoms with Crippen LogP contribution in [0, 0.1) is 0 Å². The van der Waals surface area contributed by atoms with Gasteiger partial charge in [0.15, 0.2) is 0 Å². The molecule has 0 aliphatic rings. The van der Waals surface area contributed by atoms with Gasteiger partial charge in [0.05, 0.1) is 0 Å². The van der Waals surface area contributed by atoms with Crippen LogP contribution in [0.1, 0.15) is 27.7 Å². The number of nitrogens with zero attached hydrogens (tertiary/aromatic N) is 2. The molecule has 2 nitrogen and oxygen atoms in total. The highest BCUT2D eigenvalue weighted by Gasteiger charge is 2.12. The lowest BCUT2D eigenvalue weighted by molar-refractivity contribution is 0.802. The number of thioether (sulfide) groups is 1. The third kappa shape index (κ3) is 4.12. The summed E-state index contributed by atoms with van der Waals surface area (Å²) in [6.45, 7) is 9.75. The third-order valence-corrected chi connectivity index (χ3v) is 3.10. The Morgan fingerprint density at radius 2 is 2.00 bits per heavy atom. The van der Waals surface area contributed by atoms with Gasteiger partial charge in [-0.2, -0.15) is 0 Å². The zero-order chi connectivity index (χ0) is 11.5. The van der Waals surface area contributed by atoms with Crippen LogP contribution in [0.2, 0.25) is 0 Å². The molecule has 0 saturated heterocycles. The van der Waals surface area contributed by atoms with E-state index in [9.17, 15) is 0 Å². The molecule has 3 heteroatoms. The molecule has 1 rings (SSSR count). The van der Waals surface area contributed by atoms with Crippen molar-refractivity contribution in [1.82, 2.24) is 4.98 Å². The quantitative estimate of drug-likeness (QED) is 0.732. The normalized spacial score (nSPS) is 11.5. The number of hydrogen-bond acceptors (Lipinski definition) is 3. The molecule has 0 saturated carbocycles. The van der Waals surface area contributed by atoms with Gasteiger partial charge >= 0.3 is 0 Å². The average molecular weight is 224 g/mol. The Labute approximate surface area is 97.1 Å². The molecule has 0 amide bonds. The summed E-state index contributed by atoms with van der Waals surface area (Å²) in [6, 6.07) is 4.22. The Morgan fingerprint density at radius 3 is 2.40 bits per heavy atom. The minimum Gasteiger partial charge on any atom is -0.360 e. The van der Waals surface area contributed by atoms with Crippen molar-refractivity contribution in [2.75, 3.05) is 18.5 Å². The molecule has 0 aromatic carbocycles. The van der Waals surface area contributed by atoms with Gasteiger partial charge < -0.3 is 4.90 Å². The van der Waals surface area contributed by atoms with Crippen LogP contribution in [0.3, 0.4) is 0 Å². The van der Waals surface area contributed by atoms with Crippen LogP contribution in [0.25, 0.3) is 0 Å². The van der Waals surface area contributed by atoms with Crippen LogP contribution in [0.5, 0.6) is 0 Å². The fourth-order valence-corrected chi connectivity index (χ4v) is 2.12. The average Bonchev–Trinajstić information content (AvgIpc) is 2.15. The molecule has 0 aliphatic heterocycles. The molecule has 1 heterocycles. The predicted octanol–water partition coefficient (Wildman–Crippen LogP) is 3.43. The number of pyridine rings is 1. The maximum Gasteiger partial charge on any atom is 0.128 e. The van der Waals surface area contributed by atoms with Crippen LogP contribution < -0.4 is 4.90 Å². The van der Waals surface area contributed by atoms with Crippen molar-refractivity contribution in [1.29, 1.82) is 0 Å². The Balaban J connectivity index is 2.72. The van der Waals surface area contributed by atoms with Gasteiger partial charge in [-0.25, -0.2) is 4.98 Å². The van der Waals surface area contributed by atoms with Gasteiger partial charge in [0, 0.05) is 29.4 Å². The van der Waals surface area contributed by atoms with Gasteiger partial charge in [-0.1, -0.05) is 20.8 Å². The second kappa shape index (κ2) is 4.88. The highest BCUT2D eigenvalue weighted by atomic mass is 32.2. The second-order valence-corrected chi connectivity index (χ2v) is 6.48. The van der Waals surface area contributed by atoms with Crippen molar-refractivity contribution >= 4 is 17.6 Å². The van der Waals surface area contributed by atoms with E-state index < -0.39 is 0 Å².